The number of aryl methyl sites for hydroxylation is 1. The number of likely N-dealkylation sites (tertiary alicyclic amines) is 1. The lowest BCUT2D eigenvalue weighted by molar-refractivity contribution is -0.145. The van der Waals surface area contributed by atoms with Crippen molar-refractivity contribution in [2.24, 2.45) is 5.92 Å². The molecule has 1 atom stereocenters. The van der Waals surface area contributed by atoms with Crippen LogP contribution in [0, 0.1) is 12.5 Å². The minimum atomic E-state index is -0.788. The summed E-state index contributed by atoms with van der Waals surface area (Å²) in [7, 11) is 1.32. The van der Waals surface area contributed by atoms with Crippen molar-refractivity contribution in [3.8, 4) is 5.75 Å². The summed E-state index contributed by atoms with van der Waals surface area (Å²) < 4.78 is 10.8. The first-order valence-electron chi connectivity index (χ1n) is 14.3. The van der Waals surface area contributed by atoms with E-state index in [0.717, 1.165) is 35.3 Å². The lowest BCUT2D eigenvalue weighted by atomic mass is 9.92. The Labute approximate surface area is 247 Å². The molecule has 0 spiro atoms. The highest BCUT2D eigenvalue weighted by Crippen LogP contribution is 2.22. The molecule has 8 nitrogen and oxygen atoms in total. The van der Waals surface area contributed by atoms with Crippen molar-refractivity contribution in [2.45, 2.75) is 51.2 Å². The molecular formula is C34H37N3O5. The Morgan fingerprint density at radius 2 is 1.60 bits per heavy atom. The largest absolute Gasteiger partial charge is 0.489 e. The summed E-state index contributed by atoms with van der Waals surface area (Å²) in [6.07, 6.45) is 3.15. The topological polar surface area (TPSA) is 89.3 Å². The van der Waals surface area contributed by atoms with Gasteiger partial charge in [0.25, 0.3) is 0 Å². The normalized spacial score (nSPS) is 14.0. The van der Waals surface area contributed by atoms with Gasteiger partial charge >= 0.3 is 5.97 Å². The molecule has 3 aromatic carbocycles. The van der Waals surface area contributed by atoms with Crippen LogP contribution in [0.2, 0.25) is 0 Å². The first-order chi connectivity index (χ1) is 20.4. The number of piperidine rings is 1. The third kappa shape index (κ3) is 9.20. The van der Waals surface area contributed by atoms with Gasteiger partial charge in [0.15, 0.2) is 5.69 Å². The zero-order valence-corrected chi connectivity index (χ0v) is 24.0. The second-order valence-electron chi connectivity index (χ2n) is 10.6. The summed E-state index contributed by atoms with van der Waals surface area (Å²) in [5, 5.41) is 2.86. The van der Waals surface area contributed by atoms with E-state index in [1.165, 1.54) is 7.11 Å². The Morgan fingerprint density at radius 1 is 0.929 bits per heavy atom. The van der Waals surface area contributed by atoms with Gasteiger partial charge in [-0.15, -0.1) is 0 Å². The molecule has 3 aromatic rings. The molecular weight excluding hydrogens is 530 g/mol. The highest BCUT2D eigenvalue weighted by molar-refractivity contribution is 5.84. The minimum Gasteiger partial charge on any atom is -0.489 e. The highest BCUT2D eigenvalue weighted by atomic mass is 16.5. The van der Waals surface area contributed by atoms with Gasteiger partial charge in [-0.3, -0.25) is 9.59 Å². The molecule has 0 aliphatic carbocycles. The standard InChI is InChI=1S/C34H37N3O5/c1-35-29-13-8-25(9-14-29)12-17-33(39)37-20-18-27(19-21-37)23-32(38)36-31(34(40)41-2)22-26-10-15-30(16-11-26)42-24-28-6-4-3-5-7-28/h3-11,13-16,27,31H,12,17-24H2,2H3,(H,36,38)/t31-/m0/s1. The Morgan fingerprint density at radius 3 is 2.24 bits per heavy atom. The number of amides is 2. The summed E-state index contributed by atoms with van der Waals surface area (Å²) in [4.78, 5) is 43.3. The van der Waals surface area contributed by atoms with Gasteiger partial charge in [0.05, 0.1) is 13.7 Å². The number of ether oxygens (including phenoxy) is 2. The van der Waals surface area contributed by atoms with Gasteiger partial charge < -0.3 is 19.7 Å². The molecule has 1 heterocycles. The summed E-state index contributed by atoms with van der Waals surface area (Å²) in [6, 6.07) is 23.9. The third-order valence-electron chi connectivity index (χ3n) is 7.57. The van der Waals surface area contributed by atoms with E-state index in [4.69, 9.17) is 16.0 Å². The van der Waals surface area contributed by atoms with Crippen LogP contribution >= 0.6 is 0 Å². The monoisotopic (exact) mass is 567 g/mol. The molecule has 2 amide bonds. The van der Waals surface area contributed by atoms with Gasteiger partial charge in [-0.1, -0.05) is 72.3 Å². The lowest BCUT2D eigenvalue weighted by Crippen LogP contribution is -2.44. The van der Waals surface area contributed by atoms with E-state index in [1.54, 1.807) is 12.1 Å². The molecule has 0 radical (unpaired) electrons. The number of hydrogen-bond acceptors (Lipinski definition) is 5. The number of nitrogens with one attached hydrogen (secondary N) is 1. The maximum atomic E-state index is 12.9. The highest BCUT2D eigenvalue weighted by Gasteiger charge is 2.27. The molecule has 1 N–H and O–H groups in total. The Bertz CT molecular complexity index is 1360. The van der Waals surface area contributed by atoms with Crippen molar-refractivity contribution in [2.75, 3.05) is 20.2 Å². The van der Waals surface area contributed by atoms with E-state index in [0.29, 0.717) is 51.1 Å². The van der Waals surface area contributed by atoms with Crippen LogP contribution in [-0.2, 0) is 38.6 Å². The van der Waals surface area contributed by atoms with Gasteiger partial charge in [-0.2, -0.15) is 0 Å². The van der Waals surface area contributed by atoms with Crippen LogP contribution in [-0.4, -0.2) is 48.9 Å². The first kappa shape index (κ1) is 30.3. The maximum absolute atomic E-state index is 12.9. The lowest BCUT2D eigenvalue weighted by Gasteiger charge is -2.32. The number of esters is 1. The molecule has 218 valence electrons. The van der Waals surface area contributed by atoms with Gasteiger partial charge in [-0.25, -0.2) is 9.64 Å². The number of benzene rings is 3. The third-order valence-corrected chi connectivity index (χ3v) is 7.57. The predicted octanol–water partition coefficient (Wildman–Crippen LogP) is 5.28. The number of rotatable bonds is 12. The zero-order valence-electron chi connectivity index (χ0n) is 24.0. The Hall–Kier alpha value is -4.64. The summed E-state index contributed by atoms with van der Waals surface area (Å²) in [5.74, 6) is 0.294. The number of methoxy groups -OCH3 is 1. The van der Waals surface area contributed by atoms with Crippen molar-refractivity contribution in [3.63, 3.8) is 0 Å². The maximum Gasteiger partial charge on any atom is 0.328 e. The zero-order chi connectivity index (χ0) is 29.7. The minimum absolute atomic E-state index is 0.106. The van der Waals surface area contributed by atoms with E-state index in [1.807, 2.05) is 71.6 Å². The molecule has 4 rings (SSSR count). The van der Waals surface area contributed by atoms with Gasteiger partial charge in [-0.05, 0) is 48.4 Å². The molecule has 8 heteroatoms. The van der Waals surface area contributed by atoms with Crippen LogP contribution in [0.25, 0.3) is 4.85 Å². The molecule has 0 unspecified atom stereocenters. The van der Waals surface area contributed by atoms with E-state index in [2.05, 4.69) is 10.2 Å². The van der Waals surface area contributed by atoms with Crippen molar-refractivity contribution in [1.29, 1.82) is 0 Å². The van der Waals surface area contributed by atoms with E-state index in [-0.39, 0.29) is 17.7 Å². The first-order valence-corrected chi connectivity index (χ1v) is 14.3. The number of nitrogens with zero attached hydrogens (tertiary/aromatic N) is 2. The Balaban J connectivity index is 1.20. The quantitative estimate of drug-likeness (QED) is 0.238. The van der Waals surface area contributed by atoms with Gasteiger partial charge in [0, 0.05) is 32.4 Å². The average molecular weight is 568 g/mol. The van der Waals surface area contributed by atoms with E-state index < -0.39 is 12.0 Å². The smallest absolute Gasteiger partial charge is 0.328 e. The molecule has 0 aromatic heterocycles. The second-order valence-corrected chi connectivity index (χ2v) is 10.6. The van der Waals surface area contributed by atoms with Crippen LogP contribution in [0.4, 0.5) is 5.69 Å². The molecule has 1 aliphatic rings. The molecule has 1 aliphatic heterocycles. The van der Waals surface area contributed by atoms with Gasteiger partial charge in [0.1, 0.15) is 18.4 Å². The molecule has 0 bridgehead atoms. The fourth-order valence-electron chi connectivity index (χ4n) is 5.08. The molecule has 1 saturated heterocycles. The molecule has 42 heavy (non-hydrogen) atoms. The van der Waals surface area contributed by atoms with Crippen molar-refractivity contribution in [1.82, 2.24) is 10.2 Å². The predicted molar refractivity (Wildman–Crippen MR) is 160 cm³/mol. The number of carbonyl (C=O) groups excluding carboxylic acids is 3. The summed E-state index contributed by atoms with van der Waals surface area (Å²) >= 11 is 0. The fourth-order valence-corrected chi connectivity index (χ4v) is 5.08. The number of hydrogen-bond donors (Lipinski definition) is 1. The molecule has 0 saturated carbocycles. The van der Waals surface area contributed by atoms with Crippen LogP contribution in [0.3, 0.4) is 0 Å². The number of carbonyl (C=O) groups is 3. The van der Waals surface area contributed by atoms with E-state index in [9.17, 15) is 14.4 Å². The SMILES string of the molecule is [C-]#[N+]c1ccc(CCC(=O)N2CCC(CC(=O)N[C@@H](Cc3ccc(OCc4ccccc4)cc3)C(=O)OC)CC2)cc1. The summed E-state index contributed by atoms with van der Waals surface area (Å²) in [5.41, 5.74) is 3.59. The molecule has 1 fully saturated rings. The van der Waals surface area contributed by atoms with Crippen LogP contribution in [0.15, 0.2) is 78.9 Å². The van der Waals surface area contributed by atoms with Crippen molar-refractivity contribution >= 4 is 23.5 Å². The fraction of sp³-hybridized carbons (Fsp3) is 0.353. The second kappa shape index (κ2) is 15.4. The van der Waals surface area contributed by atoms with Crippen LogP contribution in [0.1, 0.15) is 42.4 Å². The Kier molecular flexibility index (Phi) is 11.1. The average Bonchev–Trinajstić information content (AvgIpc) is 3.03. The van der Waals surface area contributed by atoms with E-state index >= 15 is 0 Å². The van der Waals surface area contributed by atoms with Crippen LogP contribution < -0.4 is 10.1 Å². The van der Waals surface area contributed by atoms with Crippen molar-refractivity contribution < 1.29 is 23.9 Å². The van der Waals surface area contributed by atoms with Gasteiger partial charge in [0.2, 0.25) is 11.8 Å². The van der Waals surface area contributed by atoms with Crippen LogP contribution in [0.5, 0.6) is 5.75 Å². The van der Waals surface area contributed by atoms with Crippen molar-refractivity contribution in [3.05, 3.63) is 107 Å². The summed E-state index contributed by atoms with van der Waals surface area (Å²) in [6.45, 7) is 8.74.